The molecule has 0 spiro atoms. The third-order valence-corrected chi connectivity index (χ3v) is 3.68. The van der Waals surface area contributed by atoms with Crippen LogP contribution in [0.2, 0.25) is 0 Å². The predicted molar refractivity (Wildman–Crippen MR) is 86.8 cm³/mol. The van der Waals surface area contributed by atoms with Gasteiger partial charge < -0.3 is 14.4 Å². The predicted octanol–water partition coefficient (Wildman–Crippen LogP) is 3.99. The van der Waals surface area contributed by atoms with Crippen LogP contribution in [0.3, 0.4) is 0 Å². The lowest BCUT2D eigenvalue weighted by atomic mass is 10.1. The molecule has 1 amide bonds. The average Bonchev–Trinajstić information content (AvgIpc) is 2.60. The first-order valence-electron chi connectivity index (χ1n) is 7.40. The second-order valence-corrected chi connectivity index (χ2v) is 5.39. The fraction of sp³-hybridized carbons (Fsp3) is 0.278. The van der Waals surface area contributed by atoms with Crippen LogP contribution in [0.5, 0.6) is 11.5 Å². The third kappa shape index (κ3) is 4.23. The number of carbonyl (C=O) groups excluding carboxylic acids is 1. The summed E-state index contributed by atoms with van der Waals surface area (Å²) in [4.78, 5) is 13.8. The van der Waals surface area contributed by atoms with Crippen LogP contribution in [-0.4, -0.2) is 32.1 Å². The highest BCUT2D eigenvalue weighted by Gasteiger charge is 2.31. The highest BCUT2D eigenvalue weighted by molar-refractivity contribution is 5.94. The summed E-state index contributed by atoms with van der Waals surface area (Å²) in [6.45, 7) is 0.162. The molecule has 0 radical (unpaired) electrons. The van der Waals surface area contributed by atoms with Gasteiger partial charge in [-0.2, -0.15) is 13.2 Å². The van der Waals surface area contributed by atoms with Crippen LogP contribution >= 0.6 is 0 Å². The minimum atomic E-state index is -4.50. The first-order chi connectivity index (χ1) is 11.8. The monoisotopic (exact) mass is 353 g/mol. The van der Waals surface area contributed by atoms with Crippen LogP contribution < -0.4 is 9.47 Å². The van der Waals surface area contributed by atoms with Gasteiger partial charge in [-0.05, 0) is 24.3 Å². The molecule has 0 bridgehead atoms. The van der Waals surface area contributed by atoms with Gasteiger partial charge in [-0.25, -0.2) is 0 Å². The molecule has 4 nitrogen and oxygen atoms in total. The molecule has 0 N–H and O–H groups in total. The molecule has 2 aromatic carbocycles. The second-order valence-electron chi connectivity index (χ2n) is 5.39. The van der Waals surface area contributed by atoms with E-state index in [0.29, 0.717) is 17.1 Å². The SMILES string of the molecule is COc1cccc(CN(C)C(=O)c2cccc(C(F)(F)F)c2)c1OC. The van der Waals surface area contributed by atoms with Crippen molar-refractivity contribution in [3.8, 4) is 11.5 Å². The first kappa shape index (κ1) is 18.6. The van der Waals surface area contributed by atoms with E-state index in [1.165, 1.54) is 38.3 Å². The summed E-state index contributed by atoms with van der Waals surface area (Å²) in [6.07, 6.45) is -4.50. The Kier molecular flexibility index (Phi) is 5.56. The first-order valence-corrected chi connectivity index (χ1v) is 7.40. The minimum absolute atomic E-state index is 0.0285. The largest absolute Gasteiger partial charge is 0.493 e. The summed E-state index contributed by atoms with van der Waals surface area (Å²) < 4.78 is 48.9. The van der Waals surface area contributed by atoms with Crippen molar-refractivity contribution in [3.63, 3.8) is 0 Å². The van der Waals surface area contributed by atoms with E-state index in [4.69, 9.17) is 9.47 Å². The molecule has 7 heteroatoms. The molecule has 0 saturated carbocycles. The zero-order valence-electron chi connectivity index (χ0n) is 14.1. The van der Waals surface area contributed by atoms with E-state index in [0.717, 1.165) is 12.1 Å². The van der Waals surface area contributed by atoms with Crippen molar-refractivity contribution in [3.05, 3.63) is 59.2 Å². The zero-order valence-corrected chi connectivity index (χ0v) is 14.1. The number of carbonyl (C=O) groups is 1. The van der Waals surface area contributed by atoms with Gasteiger partial charge in [0.2, 0.25) is 0 Å². The van der Waals surface area contributed by atoms with Crippen molar-refractivity contribution in [1.82, 2.24) is 4.90 Å². The average molecular weight is 353 g/mol. The van der Waals surface area contributed by atoms with E-state index in [9.17, 15) is 18.0 Å². The molecular weight excluding hydrogens is 335 g/mol. The van der Waals surface area contributed by atoms with Gasteiger partial charge in [-0.3, -0.25) is 4.79 Å². The van der Waals surface area contributed by atoms with Gasteiger partial charge in [-0.1, -0.05) is 18.2 Å². The maximum Gasteiger partial charge on any atom is 0.416 e. The zero-order chi connectivity index (χ0) is 18.6. The van der Waals surface area contributed by atoms with Crippen molar-refractivity contribution in [2.45, 2.75) is 12.7 Å². The summed E-state index contributed by atoms with van der Waals surface area (Å²) in [5.41, 5.74) is -0.199. The van der Waals surface area contributed by atoms with E-state index in [1.54, 1.807) is 18.2 Å². The molecule has 0 atom stereocenters. The van der Waals surface area contributed by atoms with Gasteiger partial charge in [0.05, 0.1) is 19.8 Å². The molecular formula is C18H18F3NO3. The van der Waals surface area contributed by atoms with E-state index >= 15 is 0 Å². The van der Waals surface area contributed by atoms with Crippen LogP contribution in [0, 0.1) is 0 Å². The molecule has 0 aliphatic heterocycles. The van der Waals surface area contributed by atoms with Gasteiger partial charge in [-0.15, -0.1) is 0 Å². The van der Waals surface area contributed by atoms with Gasteiger partial charge in [0.1, 0.15) is 0 Å². The Bertz CT molecular complexity index is 759. The van der Waals surface area contributed by atoms with Gasteiger partial charge in [0, 0.05) is 24.7 Å². The van der Waals surface area contributed by atoms with Crippen molar-refractivity contribution >= 4 is 5.91 Å². The highest BCUT2D eigenvalue weighted by atomic mass is 19.4. The van der Waals surface area contributed by atoms with E-state index < -0.39 is 17.6 Å². The number of para-hydroxylation sites is 1. The second kappa shape index (κ2) is 7.46. The molecule has 0 aliphatic carbocycles. The van der Waals surface area contributed by atoms with Crippen LogP contribution in [0.25, 0.3) is 0 Å². The number of nitrogens with zero attached hydrogens (tertiary/aromatic N) is 1. The number of hydrogen-bond acceptors (Lipinski definition) is 3. The summed E-state index contributed by atoms with van der Waals surface area (Å²) in [5, 5.41) is 0. The summed E-state index contributed by atoms with van der Waals surface area (Å²) in [7, 11) is 4.50. The van der Waals surface area contributed by atoms with Crippen LogP contribution in [-0.2, 0) is 12.7 Å². The van der Waals surface area contributed by atoms with Crippen molar-refractivity contribution in [2.24, 2.45) is 0 Å². The smallest absolute Gasteiger partial charge is 0.416 e. The lowest BCUT2D eigenvalue weighted by Gasteiger charge is -2.20. The van der Waals surface area contributed by atoms with E-state index in [-0.39, 0.29) is 12.1 Å². The van der Waals surface area contributed by atoms with Crippen LogP contribution in [0.15, 0.2) is 42.5 Å². The number of hydrogen-bond donors (Lipinski definition) is 0. The Morgan fingerprint density at radius 3 is 2.36 bits per heavy atom. The van der Waals surface area contributed by atoms with Gasteiger partial charge >= 0.3 is 6.18 Å². The molecule has 25 heavy (non-hydrogen) atoms. The molecule has 134 valence electrons. The molecule has 2 aromatic rings. The molecule has 0 heterocycles. The Labute approximate surface area is 143 Å². The number of benzene rings is 2. The Morgan fingerprint density at radius 2 is 1.76 bits per heavy atom. The fourth-order valence-electron chi connectivity index (χ4n) is 2.45. The Morgan fingerprint density at radius 1 is 1.08 bits per heavy atom. The molecule has 0 fully saturated rings. The van der Waals surface area contributed by atoms with E-state index in [2.05, 4.69) is 0 Å². The minimum Gasteiger partial charge on any atom is -0.493 e. The number of amides is 1. The maximum absolute atomic E-state index is 12.8. The maximum atomic E-state index is 12.8. The normalized spacial score (nSPS) is 11.1. The quantitative estimate of drug-likeness (QED) is 0.816. The number of ether oxygens (including phenoxy) is 2. The van der Waals surface area contributed by atoms with Gasteiger partial charge in [0.25, 0.3) is 5.91 Å². The number of rotatable bonds is 5. The van der Waals surface area contributed by atoms with Crippen molar-refractivity contribution in [2.75, 3.05) is 21.3 Å². The number of methoxy groups -OCH3 is 2. The Hall–Kier alpha value is -2.70. The standard InChI is InChI=1S/C18H18F3NO3/c1-22(11-13-7-5-9-15(24-2)16(13)25-3)17(23)12-6-4-8-14(10-12)18(19,20)21/h4-10H,11H2,1-3H3. The topological polar surface area (TPSA) is 38.8 Å². The van der Waals surface area contributed by atoms with Crippen molar-refractivity contribution < 1.29 is 27.4 Å². The van der Waals surface area contributed by atoms with Crippen LogP contribution in [0.4, 0.5) is 13.2 Å². The van der Waals surface area contributed by atoms with Gasteiger partial charge in [0.15, 0.2) is 11.5 Å². The molecule has 0 aliphatic rings. The molecule has 2 rings (SSSR count). The van der Waals surface area contributed by atoms with Crippen LogP contribution in [0.1, 0.15) is 21.5 Å². The summed E-state index contributed by atoms with van der Waals surface area (Å²) in [5.74, 6) is 0.476. The lowest BCUT2D eigenvalue weighted by molar-refractivity contribution is -0.137. The third-order valence-electron chi connectivity index (χ3n) is 3.68. The summed E-state index contributed by atoms with van der Waals surface area (Å²) in [6, 6.07) is 9.59. The fourth-order valence-corrected chi connectivity index (χ4v) is 2.45. The number of alkyl halides is 3. The van der Waals surface area contributed by atoms with E-state index in [1.807, 2.05) is 0 Å². The Balaban J connectivity index is 2.25. The van der Waals surface area contributed by atoms with Crippen molar-refractivity contribution in [1.29, 1.82) is 0 Å². The lowest BCUT2D eigenvalue weighted by Crippen LogP contribution is -2.26. The highest BCUT2D eigenvalue weighted by Crippen LogP contribution is 2.32. The molecule has 0 saturated heterocycles. The molecule has 0 unspecified atom stereocenters. The number of halogens is 3. The molecule has 0 aromatic heterocycles. The summed E-state index contributed by atoms with van der Waals surface area (Å²) >= 11 is 0.